The third-order valence-electron chi connectivity index (χ3n) is 5.82. The van der Waals surface area contributed by atoms with Gasteiger partial charge in [0.05, 0.1) is 5.69 Å². The third kappa shape index (κ3) is 5.26. The highest BCUT2D eigenvalue weighted by Crippen LogP contribution is 2.29. The molecular formula is C23H31FN4O2. The number of para-hydroxylation sites is 1. The smallest absolute Gasteiger partial charge is 0.276 e. The molecule has 2 amide bonds. The molecule has 0 atom stereocenters. The number of anilines is 1. The number of piperidine rings is 1. The predicted molar refractivity (Wildman–Crippen MR) is 115 cm³/mol. The molecule has 30 heavy (non-hydrogen) atoms. The first-order chi connectivity index (χ1) is 14.5. The monoisotopic (exact) mass is 414 g/mol. The molecule has 2 N–H and O–H groups in total. The normalized spacial score (nSPS) is 14.9. The number of halogens is 1. The Bertz CT molecular complexity index is 852. The van der Waals surface area contributed by atoms with Gasteiger partial charge in [-0.3, -0.25) is 14.7 Å². The van der Waals surface area contributed by atoms with E-state index in [4.69, 9.17) is 0 Å². The Morgan fingerprint density at radius 3 is 2.50 bits per heavy atom. The van der Waals surface area contributed by atoms with E-state index in [2.05, 4.69) is 29.4 Å². The molecule has 1 fully saturated rings. The molecule has 1 aliphatic rings. The molecule has 0 bridgehead atoms. The van der Waals surface area contributed by atoms with Crippen molar-refractivity contribution in [3.63, 3.8) is 0 Å². The van der Waals surface area contributed by atoms with E-state index in [1.165, 1.54) is 12.1 Å². The van der Waals surface area contributed by atoms with E-state index in [0.29, 0.717) is 0 Å². The Morgan fingerprint density at radius 1 is 1.20 bits per heavy atom. The van der Waals surface area contributed by atoms with Crippen molar-refractivity contribution in [2.75, 3.05) is 18.4 Å². The van der Waals surface area contributed by atoms with Crippen LogP contribution in [0.15, 0.2) is 30.3 Å². The van der Waals surface area contributed by atoms with Crippen LogP contribution in [0.4, 0.5) is 10.1 Å². The summed E-state index contributed by atoms with van der Waals surface area (Å²) < 4.78 is 13.7. The Hall–Kier alpha value is -2.70. The Kier molecular flexibility index (Phi) is 7.60. The van der Waals surface area contributed by atoms with Crippen molar-refractivity contribution in [2.45, 2.75) is 58.3 Å². The van der Waals surface area contributed by atoms with Crippen molar-refractivity contribution in [2.24, 2.45) is 5.92 Å². The summed E-state index contributed by atoms with van der Waals surface area (Å²) >= 11 is 0. The van der Waals surface area contributed by atoms with E-state index in [0.717, 1.165) is 57.3 Å². The van der Waals surface area contributed by atoms with Gasteiger partial charge < -0.3 is 10.2 Å². The molecule has 2 heterocycles. The lowest BCUT2D eigenvalue weighted by molar-refractivity contribution is -0.137. The van der Waals surface area contributed by atoms with Crippen molar-refractivity contribution in [3.05, 3.63) is 47.5 Å². The van der Waals surface area contributed by atoms with Crippen LogP contribution in [-0.2, 0) is 4.79 Å². The van der Waals surface area contributed by atoms with Crippen LogP contribution in [-0.4, -0.2) is 40.0 Å². The number of likely N-dealkylation sites (tertiary alicyclic amines) is 1. The van der Waals surface area contributed by atoms with Gasteiger partial charge in [0.2, 0.25) is 5.91 Å². The number of rotatable bonds is 8. The van der Waals surface area contributed by atoms with Crippen LogP contribution in [0, 0.1) is 11.7 Å². The highest BCUT2D eigenvalue weighted by molar-refractivity contribution is 6.03. The number of aromatic nitrogens is 2. The van der Waals surface area contributed by atoms with Crippen molar-refractivity contribution < 1.29 is 14.0 Å². The van der Waals surface area contributed by atoms with Crippen LogP contribution in [0.5, 0.6) is 0 Å². The molecule has 162 valence electrons. The molecule has 0 radical (unpaired) electrons. The predicted octanol–water partition coefficient (Wildman–Crippen LogP) is 4.72. The zero-order chi connectivity index (χ0) is 21.5. The largest absolute Gasteiger partial charge is 0.342 e. The summed E-state index contributed by atoms with van der Waals surface area (Å²) in [6, 6.07) is 7.77. The van der Waals surface area contributed by atoms with Crippen molar-refractivity contribution in [1.29, 1.82) is 0 Å². The van der Waals surface area contributed by atoms with Gasteiger partial charge in [-0.25, -0.2) is 4.39 Å². The fourth-order valence-electron chi connectivity index (χ4n) is 4.17. The summed E-state index contributed by atoms with van der Waals surface area (Å²) in [6.07, 6.45) is 5.64. The SMILES string of the molecule is CCCC(CCC)C(=O)N1CCC(c2cc(C(=O)Nc3ccccc3F)n[nH]2)CC1. The number of benzene rings is 1. The minimum atomic E-state index is -0.483. The maximum absolute atomic E-state index is 13.7. The zero-order valence-electron chi connectivity index (χ0n) is 17.8. The van der Waals surface area contributed by atoms with Crippen molar-refractivity contribution >= 4 is 17.5 Å². The second-order valence-corrected chi connectivity index (χ2v) is 8.02. The summed E-state index contributed by atoms with van der Waals surface area (Å²) in [4.78, 5) is 27.2. The van der Waals surface area contributed by atoms with Gasteiger partial charge in [0.15, 0.2) is 5.69 Å². The van der Waals surface area contributed by atoms with Gasteiger partial charge in [0, 0.05) is 30.6 Å². The van der Waals surface area contributed by atoms with Crippen LogP contribution in [0.1, 0.15) is 74.5 Å². The minimum absolute atomic E-state index is 0.132. The number of nitrogens with zero attached hydrogens (tertiary/aromatic N) is 2. The number of carbonyl (C=O) groups excluding carboxylic acids is 2. The number of hydrogen-bond donors (Lipinski definition) is 2. The van der Waals surface area contributed by atoms with E-state index in [-0.39, 0.29) is 29.1 Å². The average molecular weight is 415 g/mol. The van der Waals surface area contributed by atoms with Crippen molar-refractivity contribution in [1.82, 2.24) is 15.1 Å². The molecule has 1 aromatic carbocycles. The highest BCUT2D eigenvalue weighted by atomic mass is 19.1. The summed E-state index contributed by atoms with van der Waals surface area (Å²) in [6.45, 7) is 5.70. The van der Waals surface area contributed by atoms with Gasteiger partial charge in [-0.05, 0) is 43.9 Å². The molecule has 0 spiro atoms. The summed E-state index contributed by atoms with van der Waals surface area (Å²) in [5.41, 5.74) is 1.25. The number of aromatic amines is 1. The summed E-state index contributed by atoms with van der Waals surface area (Å²) in [5, 5.41) is 9.62. The van der Waals surface area contributed by atoms with Gasteiger partial charge in [-0.2, -0.15) is 5.10 Å². The number of nitrogens with one attached hydrogen (secondary N) is 2. The van der Waals surface area contributed by atoms with Gasteiger partial charge in [-0.1, -0.05) is 38.8 Å². The Balaban J connectivity index is 1.56. The molecular weight excluding hydrogens is 383 g/mol. The van der Waals surface area contributed by atoms with E-state index >= 15 is 0 Å². The molecule has 1 aliphatic heterocycles. The lowest BCUT2D eigenvalue weighted by Gasteiger charge is -2.34. The first kappa shape index (κ1) is 22.0. The van der Waals surface area contributed by atoms with E-state index in [9.17, 15) is 14.0 Å². The maximum atomic E-state index is 13.7. The summed E-state index contributed by atoms with van der Waals surface area (Å²) in [7, 11) is 0. The molecule has 1 aromatic heterocycles. The molecule has 3 rings (SSSR count). The molecule has 2 aromatic rings. The average Bonchev–Trinajstić information content (AvgIpc) is 3.25. The van der Waals surface area contributed by atoms with E-state index < -0.39 is 11.7 Å². The Labute approximate surface area is 177 Å². The van der Waals surface area contributed by atoms with Crippen LogP contribution < -0.4 is 5.32 Å². The number of H-pyrrole nitrogens is 1. The second kappa shape index (κ2) is 10.4. The topological polar surface area (TPSA) is 78.1 Å². The van der Waals surface area contributed by atoms with Gasteiger partial charge in [0.25, 0.3) is 5.91 Å². The maximum Gasteiger partial charge on any atom is 0.276 e. The second-order valence-electron chi connectivity index (χ2n) is 8.02. The number of hydrogen-bond acceptors (Lipinski definition) is 3. The minimum Gasteiger partial charge on any atom is -0.342 e. The standard InChI is InChI=1S/C23H31FN4O2/c1-3-7-17(8-4-2)23(30)28-13-11-16(12-14-28)20-15-21(27-26-20)22(29)25-19-10-6-5-9-18(19)24/h5-6,9-10,15-17H,3-4,7-8,11-14H2,1-2H3,(H,25,29)(H,26,27). The van der Waals surface area contributed by atoms with Crippen molar-refractivity contribution in [3.8, 4) is 0 Å². The molecule has 0 aliphatic carbocycles. The number of amides is 2. The van der Waals surface area contributed by atoms with Crippen LogP contribution in [0.2, 0.25) is 0 Å². The fourth-order valence-corrected chi connectivity index (χ4v) is 4.17. The van der Waals surface area contributed by atoms with Gasteiger partial charge in [-0.15, -0.1) is 0 Å². The van der Waals surface area contributed by atoms with Crippen LogP contribution in [0.3, 0.4) is 0 Å². The first-order valence-corrected chi connectivity index (χ1v) is 10.9. The third-order valence-corrected chi connectivity index (χ3v) is 5.82. The molecule has 0 saturated carbocycles. The first-order valence-electron chi connectivity index (χ1n) is 10.9. The molecule has 6 nitrogen and oxygen atoms in total. The molecule has 0 unspecified atom stereocenters. The van der Waals surface area contributed by atoms with Crippen LogP contribution in [0.25, 0.3) is 0 Å². The zero-order valence-corrected chi connectivity index (χ0v) is 17.8. The molecule has 1 saturated heterocycles. The fraction of sp³-hybridized carbons (Fsp3) is 0.522. The highest BCUT2D eigenvalue weighted by Gasteiger charge is 2.29. The van der Waals surface area contributed by atoms with Gasteiger partial charge >= 0.3 is 0 Å². The lowest BCUT2D eigenvalue weighted by Crippen LogP contribution is -2.41. The van der Waals surface area contributed by atoms with Gasteiger partial charge in [0.1, 0.15) is 5.82 Å². The van der Waals surface area contributed by atoms with Crippen LogP contribution >= 0.6 is 0 Å². The quantitative estimate of drug-likeness (QED) is 0.656. The van der Waals surface area contributed by atoms with E-state index in [1.54, 1.807) is 18.2 Å². The van der Waals surface area contributed by atoms with E-state index in [1.807, 2.05) is 4.90 Å². The number of carbonyl (C=O) groups is 2. The lowest BCUT2D eigenvalue weighted by atomic mass is 9.91. The Morgan fingerprint density at radius 2 is 1.87 bits per heavy atom. The summed E-state index contributed by atoms with van der Waals surface area (Å²) in [5.74, 6) is -0.281. The molecule has 7 heteroatoms.